The SMILES string of the molecule is CS(=O)(=O)N1CCN(C2CCN(C(=O)COC(=O)N3CCC(N4CCc5ccccc5NC4=O)CC3)CC2)CC1. The summed E-state index contributed by atoms with van der Waals surface area (Å²) in [6, 6.07) is 8.13. The molecule has 1 aromatic rings. The fourth-order valence-electron chi connectivity index (χ4n) is 6.29. The zero-order chi connectivity index (χ0) is 28.3. The Bertz CT molecular complexity index is 1190. The van der Waals surface area contributed by atoms with E-state index in [1.54, 1.807) is 9.80 Å². The normalized spacial score (nSPS) is 22.4. The van der Waals surface area contributed by atoms with E-state index in [9.17, 15) is 22.8 Å². The summed E-state index contributed by atoms with van der Waals surface area (Å²) in [6.07, 6.45) is 4.52. The van der Waals surface area contributed by atoms with Crippen molar-refractivity contribution in [1.29, 1.82) is 0 Å². The number of anilines is 1. The molecule has 1 N–H and O–H groups in total. The van der Waals surface area contributed by atoms with E-state index in [0.717, 1.165) is 30.5 Å². The summed E-state index contributed by atoms with van der Waals surface area (Å²) < 4.78 is 30.4. The van der Waals surface area contributed by atoms with Crippen LogP contribution in [0.5, 0.6) is 0 Å². The molecule has 0 aliphatic carbocycles. The maximum atomic E-state index is 12.8. The van der Waals surface area contributed by atoms with Crippen LogP contribution in [0.15, 0.2) is 24.3 Å². The van der Waals surface area contributed by atoms with Crippen molar-refractivity contribution in [3.8, 4) is 0 Å². The second-order valence-corrected chi connectivity index (χ2v) is 13.1. The highest BCUT2D eigenvalue weighted by molar-refractivity contribution is 7.88. The fourth-order valence-corrected chi connectivity index (χ4v) is 7.11. The number of carbonyl (C=O) groups is 3. The number of hydrogen-bond acceptors (Lipinski definition) is 7. The number of carbonyl (C=O) groups excluding carboxylic acids is 3. The molecule has 40 heavy (non-hydrogen) atoms. The number of fused-ring (bicyclic) bond motifs is 1. The molecule has 4 amide bonds. The highest BCUT2D eigenvalue weighted by Crippen LogP contribution is 2.25. The van der Waals surface area contributed by atoms with E-state index < -0.39 is 16.1 Å². The molecule has 5 rings (SSSR count). The van der Waals surface area contributed by atoms with E-state index in [2.05, 4.69) is 10.2 Å². The standard InChI is InChI=1S/C27H40N6O6S/c1-40(37,38)32-18-16-29(17-19-32)22-7-11-30(12-8-22)25(34)20-39-27(36)31-13-9-23(10-14-31)33-15-6-21-4-2-3-5-24(21)28-26(33)35/h2-5,22-23H,6-20H2,1H3,(H,28,35). The molecule has 3 fully saturated rings. The number of piperazine rings is 1. The number of rotatable bonds is 5. The van der Waals surface area contributed by atoms with E-state index in [-0.39, 0.29) is 24.6 Å². The number of amides is 4. The van der Waals surface area contributed by atoms with Gasteiger partial charge >= 0.3 is 12.1 Å². The minimum Gasteiger partial charge on any atom is -0.439 e. The number of nitrogens with zero attached hydrogens (tertiary/aromatic N) is 5. The first-order chi connectivity index (χ1) is 19.2. The second-order valence-electron chi connectivity index (χ2n) is 11.1. The third-order valence-corrected chi connectivity index (χ3v) is 10.0. The van der Waals surface area contributed by atoms with Gasteiger partial charge in [0.15, 0.2) is 6.61 Å². The number of hydrogen-bond donors (Lipinski definition) is 1. The molecule has 1 aromatic carbocycles. The Morgan fingerprint density at radius 1 is 0.875 bits per heavy atom. The van der Waals surface area contributed by atoms with Crippen LogP contribution in [0.2, 0.25) is 0 Å². The van der Waals surface area contributed by atoms with Gasteiger partial charge in [-0.05, 0) is 43.7 Å². The van der Waals surface area contributed by atoms with E-state index in [4.69, 9.17) is 4.74 Å². The molecule has 4 aliphatic heterocycles. The number of urea groups is 1. The first-order valence-electron chi connectivity index (χ1n) is 14.2. The molecule has 0 radical (unpaired) electrons. The van der Waals surface area contributed by atoms with Gasteiger partial charge in [-0.15, -0.1) is 0 Å². The Labute approximate surface area is 236 Å². The summed E-state index contributed by atoms with van der Waals surface area (Å²) in [6.45, 7) is 4.94. The summed E-state index contributed by atoms with van der Waals surface area (Å²) in [4.78, 5) is 45.8. The summed E-state index contributed by atoms with van der Waals surface area (Å²) >= 11 is 0. The molecule has 0 bridgehead atoms. The minimum absolute atomic E-state index is 0.0515. The second kappa shape index (κ2) is 12.3. The molecular weight excluding hydrogens is 536 g/mol. The molecule has 0 spiro atoms. The van der Waals surface area contributed by atoms with Crippen LogP contribution in [-0.2, 0) is 26.0 Å². The van der Waals surface area contributed by atoms with Gasteiger partial charge in [0.05, 0.1) is 6.26 Å². The van der Waals surface area contributed by atoms with E-state index >= 15 is 0 Å². The van der Waals surface area contributed by atoms with Gasteiger partial charge in [-0.1, -0.05) is 18.2 Å². The van der Waals surface area contributed by atoms with Crippen molar-refractivity contribution in [3.63, 3.8) is 0 Å². The van der Waals surface area contributed by atoms with Gasteiger partial charge < -0.3 is 24.8 Å². The first kappa shape index (κ1) is 28.6. The molecule has 12 nitrogen and oxygen atoms in total. The number of piperidine rings is 2. The molecule has 4 aliphatic rings. The molecule has 0 atom stereocenters. The van der Waals surface area contributed by atoms with Crippen LogP contribution in [0.25, 0.3) is 0 Å². The van der Waals surface area contributed by atoms with Gasteiger partial charge in [0, 0.05) is 76.7 Å². The predicted molar refractivity (Wildman–Crippen MR) is 149 cm³/mol. The number of nitrogens with one attached hydrogen (secondary N) is 1. The number of likely N-dealkylation sites (tertiary alicyclic amines) is 2. The molecule has 0 unspecified atom stereocenters. The Morgan fingerprint density at radius 2 is 1.50 bits per heavy atom. The summed E-state index contributed by atoms with van der Waals surface area (Å²) in [5, 5.41) is 3.01. The Kier molecular flexibility index (Phi) is 8.81. The fraction of sp³-hybridized carbons (Fsp3) is 0.667. The molecule has 3 saturated heterocycles. The average molecular weight is 577 g/mol. The Balaban J connectivity index is 1.00. The molecule has 0 saturated carbocycles. The van der Waals surface area contributed by atoms with Crippen LogP contribution in [-0.4, -0.2) is 134 Å². The topological polar surface area (TPSA) is 123 Å². The maximum Gasteiger partial charge on any atom is 0.410 e. The Morgan fingerprint density at radius 3 is 2.17 bits per heavy atom. The van der Waals surface area contributed by atoms with Crippen LogP contribution in [0.1, 0.15) is 31.2 Å². The smallest absolute Gasteiger partial charge is 0.410 e. The van der Waals surface area contributed by atoms with E-state index in [1.165, 1.54) is 10.6 Å². The van der Waals surface area contributed by atoms with Crippen LogP contribution in [0.4, 0.5) is 15.3 Å². The number of sulfonamides is 1. The van der Waals surface area contributed by atoms with Gasteiger partial charge in [0.1, 0.15) is 0 Å². The van der Waals surface area contributed by atoms with Crippen LogP contribution >= 0.6 is 0 Å². The minimum atomic E-state index is -3.15. The lowest BCUT2D eigenvalue weighted by atomic mass is 10.0. The van der Waals surface area contributed by atoms with Crippen molar-refractivity contribution in [2.75, 3.05) is 77.1 Å². The van der Waals surface area contributed by atoms with Crippen LogP contribution in [0, 0.1) is 0 Å². The van der Waals surface area contributed by atoms with E-state index in [0.29, 0.717) is 77.8 Å². The van der Waals surface area contributed by atoms with Crippen molar-refractivity contribution in [2.24, 2.45) is 0 Å². The quantitative estimate of drug-likeness (QED) is 0.560. The number of ether oxygens (including phenoxy) is 1. The molecule has 0 aromatic heterocycles. The van der Waals surface area contributed by atoms with Crippen LogP contribution in [0.3, 0.4) is 0 Å². The van der Waals surface area contributed by atoms with Crippen molar-refractivity contribution in [1.82, 2.24) is 23.9 Å². The predicted octanol–water partition coefficient (Wildman–Crippen LogP) is 1.25. The van der Waals surface area contributed by atoms with Gasteiger partial charge in [-0.3, -0.25) is 9.69 Å². The van der Waals surface area contributed by atoms with Gasteiger partial charge in [0.25, 0.3) is 5.91 Å². The first-order valence-corrected chi connectivity index (χ1v) is 16.1. The molecule has 4 heterocycles. The zero-order valence-corrected chi connectivity index (χ0v) is 24.0. The van der Waals surface area contributed by atoms with Gasteiger partial charge in [-0.2, -0.15) is 4.31 Å². The van der Waals surface area contributed by atoms with Crippen molar-refractivity contribution in [3.05, 3.63) is 29.8 Å². The number of benzene rings is 1. The van der Waals surface area contributed by atoms with Crippen molar-refractivity contribution < 1.29 is 27.5 Å². The monoisotopic (exact) mass is 576 g/mol. The number of para-hydroxylation sites is 1. The zero-order valence-electron chi connectivity index (χ0n) is 23.2. The lowest BCUT2D eigenvalue weighted by molar-refractivity contribution is -0.136. The van der Waals surface area contributed by atoms with E-state index in [1.807, 2.05) is 29.2 Å². The average Bonchev–Trinajstić information content (AvgIpc) is 3.13. The lowest BCUT2D eigenvalue weighted by Gasteiger charge is -2.42. The van der Waals surface area contributed by atoms with Crippen molar-refractivity contribution >= 4 is 33.7 Å². The molecular formula is C27H40N6O6S. The third kappa shape index (κ3) is 6.69. The largest absolute Gasteiger partial charge is 0.439 e. The summed E-state index contributed by atoms with van der Waals surface area (Å²) in [5.74, 6) is -0.190. The summed E-state index contributed by atoms with van der Waals surface area (Å²) in [7, 11) is -3.15. The molecule has 13 heteroatoms. The third-order valence-electron chi connectivity index (χ3n) is 8.70. The highest BCUT2D eigenvalue weighted by atomic mass is 32.2. The highest BCUT2D eigenvalue weighted by Gasteiger charge is 2.33. The lowest BCUT2D eigenvalue weighted by Crippen LogP contribution is -2.54. The summed E-state index contributed by atoms with van der Waals surface area (Å²) in [5.41, 5.74) is 1.98. The Hall–Kier alpha value is -2.90. The van der Waals surface area contributed by atoms with Crippen LogP contribution < -0.4 is 5.32 Å². The van der Waals surface area contributed by atoms with Crippen molar-refractivity contribution in [2.45, 2.75) is 44.2 Å². The van der Waals surface area contributed by atoms with Gasteiger partial charge in [0.2, 0.25) is 10.0 Å². The maximum absolute atomic E-state index is 12.8. The van der Waals surface area contributed by atoms with Gasteiger partial charge in [-0.25, -0.2) is 18.0 Å². The molecule has 220 valence electrons.